The Bertz CT molecular complexity index is 261. The number of hydrogen-bond acceptors (Lipinski definition) is 3. The molecule has 0 atom stereocenters. The molecule has 0 unspecified atom stereocenters. The van der Waals surface area contributed by atoms with Crippen molar-refractivity contribution in [2.75, 3.05) is 0 Å². The normalized spacial score (nSPS) is 8.50. The molecule has 1 heterocycles. The van der Waals surface area contributed by atoms with Crippen LogP contribution in [0.15, 0.2) is 17.5 Å². The monoisotopic (exact) mass is 155 g/mol. The van der Waals surface area contributed by atoms with E-state index >= 15 is 0 Å². The van der Waals surface area contributed by atoms with Gasteiger partial charge in [-0.2, -0.15) is 0 Å². The molecule has 10 heavy (non-hydrogen) atoms. The molecule has 5 nitrogen and oxygen atoms in total. The van der Waals surface area contributed by atoms with Crippen molar-refractivity contribution in [2.45, 2.75) is 0 Å². The summed E-state index contributed by atoms with van der Waals surface area (Å²) in [5.41, 5.74) is 7.93. The highest BCUT2D eigenvalue weighted by Gasteiger charge is 1.89. The van der Waals surface area contributed by atoms with Crippen LogP contribution in [0.4, 0.5) is 5.95 Å². The Kier molecular flexibility index (Phi) is 2.04. The molecule has 1 aromatic rings. The number of hydrogen-bond donors (Lipinski definition) is 0. The van der Waals surface area contributed by atoms with Gasteiger partial charge in [0.25, 0.3) is 0 Å². The summed E-state index contributed by atoms with van der Waals surface area (Å²) in [5.74, 6) is 0.0758. The molecular weight excluding hydrogens is 154 g/mol. The van der Waals surface area contributed by atoms with Gasteiger partial charge < -0.3 is 0 Å². The summed E-state index contributed by atoms with van der Waals surface area (Å²) in [7, 11) is 0. The summed E-state index contributed by atoms with van der Waals surface area (Å²) in [4.78, 5) is 9.70. The van der Waals surface area contributed by atoms with Crippen molar-refractivity contribution in [3.8, 4) is 0 Å². The van der Waals surface area contributed by atoms with Crippen molar-refractivity contribution in [2.24, 2.45) is 5.11 Å². The highest BCUT2D eigenvalue weighted by Crippen LogP contribution is 2.07. The standard InChI is InChI=1S/C4H2ClN5/c5-3-1-7-4(8-2-3)9-10-6/h1-2H. The molecule has 0 aliphatic rings. The first-order valence-corrected chi connectivity index (χ1v) is 2.73. The largest absolute Gasteiger partial charge is 0.234 e. The van der Waals surface area contributed by atoms with Gasteiger partial charge in [0, 0.05) is 17.3 Å². The van der Waals surface area contributed by atoms with E-state index in [1.165, 1.54) is 12.4 Å². The van der Waals surface area contributed by atoms with Gasteiger partial charge in [-0.05, 0) is 10.6 Å². The molecular formula is C4H2ClN5. The second kappa shape index (κ2) is 3.00. The average Bonchev–Trinajstić information content (AvgIpc) is 1.95. The summed E-state index contributed by atoms with van der Waals surface area (Å²) in [6.07, 6.45) is 2.72. The fourth-order valence-electron chi connectivity index (χ4n) is 0.397. The molecule has 0 bridgehead atoms. The van der Waals surface area contributed by atoms with Gasteiger partial charge in [-0.15, -0.1) is 0 Å². The average molecular weight is 156 g/mol. The molecule has 50 valence electrons. The zero-order valence-corrected chi connectivity index (χ0v) is 5.52. The van der Waals surface area contributed by atoms with E-state index in [1.807, 2.05) is 0 Å². The third-order valence-corrected chi connectivity index (χ3v) is 0.936. The van der Waals surface area contributed by atoms with Crippen molar-refractivity contribution in [1.82, 2.24) is 9.97 Å². The molecule has 0 aliphatic carbocycles. The van der Waals surface area contributed by atoms with Crippen LogP contribution in [-0.4, -0.2) is 9.97 Å². The number of azide groups is 1. The van der Waals surface area contributed by atoms with Crippen LogP contribution in [0.5, 0.6) is 0 Å². The van der Waals surface area contributed by atoms with E-state index in [2.05, 4.69) is 20.0 Å². The van der Waals surface area contributed by atoms with E-state index in [4.69, 9.17) is 17.1 Å². The lowest BCUT2D eigenvalue weighted by atomic mass is 10.7. The Morgan fingerprint density at radius 2 is 2.10 bits per heavy atom. The molecule has 0 saturated carbocycles. The fraction of sp³-hybridized carbons (Fsp3) is 0. The lowest BCUT2D eigenvalue weighted by Crippen LogP contribution is -1.76. The molecule has 6 heteroatoms. The molecule has 0 spiro atoms. The van der Waals surface area contributed by atoms with Crippen molar-refractivity contribution in [3.63, 3.8) is 0 Å². The van der Waals surface area contributed by atoms with Crippen LogP contribution >= 0.6 is 11.6 Å². The van der Waals surface area contributed by atoms with Gasteiger partial charge in [0.15, 0.2) is 0 Å². The van der Waals surface area contributed by atoms with Crippen LogP contribution in [0.2, 0.25) is 5.02 Å². The first-order chi connectivity index (χ1) is 4.83. The van der Waals surface area contributed by atoms with Crippen molar-refractivity contribution < 1.29 is 0 Å². The Morgan fingerprint density at radius 1 is 1.50 bits per heavy atom. The summed E-state index contributed by atoms with van der Waals surface area (Å²) in [5, 5.41) is 3.56. The molecule has 0 aliphatic heterocycles. The van der Waals surface area contributed by atoms with Crippen LogP contribution in [0.3, 0.4) is 0 Å². The number of halogens is 1. The third-order valence-electron chi connectivity index (χ3n) is 0.741. The highest BCUT2D eigenvalue weighted by molar-refractivity contribution is 6.30. The van der Waals surface area contributed by atoms with Gasteiger partial charge in [-0.25, -0.2) is 9.97 Å². The first-order valence-electron chi connectivity index (χ1n) is 2.35. The van der Waals surface area contributed by atoms with Crippen molar-refractivity contribution >= 4 is 17.5 Å². The number of aromatic nitrogens is 2. The fourth-order valence-corrected chi connectivity index (χ4v) is 0.495. The molecule has 1 aromatic heterocycles. The summed E-state index contributed by atoms with van der Waals surface area (Å²) in [6, 6.07) is 0. The summed E-state index contributed by atoms with van der Waals surface area (Å²) >= 11 is 5.45. The van der Waals surface area contributed by atoms with Crippen LogP contribution in [0.25, 0.3) is 10.4 Å². The third kappa shape index (κ3) is 1.58. The minimum Gasteiger partial charge on any atom is -0.234 e. The number of rotatable bonds is 1. The number of nitrogens with zero attached hydrogens (tertiary/aromatic N) is 5. The highest BCUT2D eigenvalue weighted by atomic mass is 35.5. The van der Waals surface area contributed by atoms with E-state index in [1.54, 1.807) is 0 Å². The Hall–Kier alpha value is -1.32. The van der Waals surface area contributed by atoms with Crippen LogP contribution < -0.4 is 0 Å². The van der Waals surface area contributed by atoms with Gasteiger partial charge in [0.2, 0.25) is 5.95 Å². The second-order valence-corrected chi connectivity index (χ2v) is 1.83. The molecule has 0 saturated heterocycles. The van der Waals surface area contributed by atoms with E-state index in [0.717, 1.165) is 0 Å². The van der Waals surface area contributed by atoms with Crippen molar-refractivity contribution in [1.29, 1.82) is 0 Å². The summed E-state index contributed by atoms with van der Waals surface area (Å²) < 4.78 is 0. The molecule has 1 rings (SSSR count). The first kappa shape index (κ1) is 6.80. The van der Waals surface area contributed by atoms with Crippen LogP contribution in [-0.2, 0) is 0 Å². The lowest BCUT2D eigenvalue weighted by Gasteiger charge is -1.87. The zero-order chi connectivity index (χ0) is 7.40. The van der Waals surface area contributed by atoms with Crippen molar-refractivity contribution in [3.05, 3.63) is 27.9 Å². The van der Waals surface area contributed by atoms with E-state index in [-0.39, 0.29) is 5.95 Å². The van der Waals surface area contributed by atoms with Crippen LogP contribution in [0.1, 0.15) is 0 Å². The van der Waals surface area contributed by atoms with Gasteiger partial charge in [-0.3, -0.25) is 0 Å². The molecule has 0 fully saturated rings. The Balaban J connectivity index is 3.00. The molecule has 0 amide bonds. The zero-order valence-electron chi connectivity index (χ0n) is 4.77. The van der Waals surface area contributed by atoms with E-state index in [0.29, 0.717) is 5.02 Å². The lowest BCUT2D eigenvalue weighted by molar-refractivity contribution is 1.13. The maximum Gasteiger partial charge on any atom is 0.216 e. The van der Waals surface area contributed by atoms with E-state index in [9.17, 15) is 0 Å². The van der Waals surface area contributed by atoms with Gasteiger partial charge >= 0.3 is 0 Å². The minimum atomic E-state index is 0.0758. The van der Waals surface area contributed by atoms with Gasteiger partial charge in [-0.1, -0.05) is 11.6 Å². The van der Waals surface area contributed by atoms with Gasteiger partial charge in [0.05, 0.1) is 5.02 Å². The Labute approximate surface area is 61.3 Å². The topological polar surface area (TPSA) is 74.5 Å². The smallest absolute Gasteiger partial charge is 0.216 e. The predicted octanol–water partition coefficient (Wildman–Crippen LogP) is 2.07. The maximum atomic E-state index is 7.93. The minimum absolute atomic E-state index is 0.0758. The second-order valence-electron chi connectivity index (χ2n) is 1.39. The molecule has 0 radical (unpaired) electrons. The van der Waals surface area contributed by atoms with Crippen LogP contribution in [0, 0.1) is 0 Å². The Morgan fingerprint density at radius 3 is 2.60 bits per heavy atom. The quantitative estimate of drug-likeness (QED) is 0.354. The SMILES string of the molecule is [N-]=[N+]=Nc1ncc(Cl)cn1. The molecule has 0 N–H and O–H groups in total. The maximum absolute atomic E-state index is 7.93. The predicted molar refractivity (Wildman–Crippen MR) is 35.8 cm³/mol. The molecule has 0 aromatic carbocycles. The van der Waals surface area contributed by atoms with E-state index < -0.39 is 0 Å². The van der Waals surface area contributed by atoms with Gasteiger partial charge in [0.1, 0.15) is 0 Å². The summed E-state index contributed by atoms with van der Waals surface area (Å²) in [6.45, 7) is 0.